The summed E-state index contributed by atoms with van der Waals surface area (Å²) in [6.07, 6.45) is 0. The molecule has 1 aromatic heterocycles. The van der Waals surface area contributed by atoms with Gasteiger partial charge in [-0.05, 0) is 36.4 Å². The summed E-state index contributed by atoms with van der Waals surface area (Å²) in [4.78, 5) is 12.4. The van der Waals surface area contributed by atoms with Crippen molar-refractivity contribution in [2.24, 2.45) is 7.05 Å². The number of hydrogen-bond acceptors (Lipinski definition) is 1. The van der Waals surface area contributed by atoms with E-state index in [0.29, 0.717) is 15.8 Å². The quantitative estimate of drug-likeness (QED) is 0.571. The first-order chi connectivity index (χ1) is 8.58. The molecule has 90 valence electrons. The Morgan fingerprint density at radius 1 is 1.06 bits per heavy atom. The number of aryl methyl sites for hydroxylation is 1. The molecule has 3 aromatic rings. The lowest BCUT2D eigenvalue weighted by molar-refractivity contribution is 1.00. The van der Waals surface area contributed by atoms with Crippen LogP contribution in [0.3, 0.4) is 0 Å². The molecule has 0 aliphatic carbocycles. The summed E-state index contributed by atoms with van der Waals surface area (Å²) in [5, 5.41) is 1.94. The summed E-state index contributed by atoms with van der Waals surface area (Å²) >= 11 is 9.39. The van der Waals surface area contributed by atoms with Crippen molar-refractivity contribution in [2.75, 3.05) is 0 Å². The van der Waals surface area contributed by atoms with Crippen molar-refractivity contribution in [1.29, 1.82) is 0 Å². The summed E-state index contributed by atoms with van der Waals surface area (Å²) in [5.74, 6) is 0. The molecule has 2 aromatic carbocycles. The van der Waals surface area contributed by atoms with Gasteiger partial charge in [0.15, 0.2) is 5.43 Å². The van der Waals surface area contributed by atoms with Crippen molar-refractivity contribution in [2.45, 2.75) is 0 Å². The molecule has 0 saturated carbocycles. The van der Waals surface area contributed by atoms with Crippen LogP contribution in [0.4, 0.5) is 0 Å². The zero-order valence-corrected chi connectivity index (χ0v) is 11.9. The van der Waals surface area contributed by atoms with Crippen molar-refractivity contribution in [3.8, 4) is 0 Å². The highest BCUT2D eigenvalue weighted by atomic mass is 79.9. The molecule has 0 aliphatic rings. The topological polar surface area (TPSA) is 22.0 Å². The molecule has 0 amide bonds. The summed E-state index contributed by atoms with van der Waals surface area (Å²) in [5.41, 5.74) is 1.81. The number of fused-ring (bicyclic) bond motifs is 2. The molecule has 0 atom stereocenters. The first-order valence-corrected chi connectivity index (χ1v) is 6.62. The van der Waals surface area contributed by atoms with Crippen LogP contribution in [0, 0.1) is 0 Å². The standard InChI is InChI=1S/C14H9BrClNO/c1-17-12-5-3-9(16)7-11(12)14(18)10-4-2-8(15)6-13(10)17/h2-7H,1H3. The molecule has 0 fully saturated rings. The fraction of sp³-hybridized carbons (Fsp3) is 0.0714. The highest BCUT2D eigenvalue weighted by Crippen LogP contribution is 2.23. The van der Waals surface area contributed by atoms with E-state index in [2.05, 4.69) is 15.9 Å². The molecule has 4 heteroatoms. The van der Waals surface area contributed by atoms with Gasteiger partial charge in [0.2, 0.25) is 0 Å². The van der Waals surface area contributed by atoms with E-state index >= 15 is 0 Å². The third-order valence-corrected chi connectivity index (χ3v) is 3.86. The summed E-state index contributed by atoms with van der Waals surface area (Å²) in [7, 11) is 1.95. The molecule has 1 heterocycles. The van der Waals surface area contributed by atoms with E-state index in [0.717, 1.165) is 15.5 Å². The lowest BCUT2D eigenvalue weighted by Crippen LogP contribution is -2.08. The van der Waals surface area contributed by atoms with Crippen LogP contribution in [0.5, 0.6) is 0 Å². The molecule has 0 N–H and O–H groups in total. The Labute approximate surface area is 117 Å². The SMILES string of the molecule is Cn1c2ccc(Cl)cc2c(=O)c2ccc(Br)cc21. The Hall–Kier alpha value is -1.32. The van der Waals surface area contributed by atoms with Crippen molar-refractivity contribution >= 4 is 49.3 Å². The zero-order valence-electron chi connectivity index (χ0n) is 9.58. The van der Waals surface area contributed by atoms with Crippen molar-refractivity contribution in [3.63, 3.8) is 0 Å². The maximum atomic E-state index is 12.4. The van der Waals surface area contributed by atoms with Gasteiger partial charge in [0.05, 0.1) is 11.0 Å². The van der Waals surface area contributed by atoms with Crippen LogP contribution in [0.2, 0.25) is 5.02 Å². The number of rotatable bonds is 0. The van der Waals surface area contributed by atoms with Gasteiger partial charge in [-0.2, -0.15) is 0 Å². The van der Waals surface area contributed by atoms with E-state index in [1.54, 1.807) is 12.1 Å². The van der Waals surface area contributed by atoms with Crippen LogP contribution in [-0.4, -0.2) is 4.57 Å². The fourth-order valence-electron chi connectivity index (χ4n) is 2.23. The fourth-order valence-corrected chi connectivity index (χ4v) is 2.75. The molecule has 18 heavy (non-hydrogen) atoms. The predicted molar refractivity (Wildman–Crippen MR) is 79.4 cm³/mol. The highest BCUT2D eigenvalue weighted by molar-refractivity contribution is 9.10. The van der Waals surface area contributed by atoms with Crippen LogP contribution in [0.15, 0.2) is 45.7 Å². The lowest BCUT2D eigenvalue weighted by Gasteiger charge is -2.10. The molecule has 0 saturated heterocycles. The van der Waals surface area contributed by atoms with Gasteiger partial charge >= 0.3 is 0 Å². The van der Waals surface area contributed by atoms with Gasteiger partial charge in [0.1, 0.15) is 0 Å². The molecular formula is C14H9BrClNO. The van der Waals surface area contributed by atoms with Gasteiger partial charge < -0.3 is 4.57 Å². The zero-order chi connectivity index (χ0) is 12.9. The van der Waals surface area contributed by atoms with Gasteiger partial charge in [0.25, 0.3) is 0 Å². The molecule has 2 nitrogen and oxygen atoms in total. The van der Waals surface area contributed by atoms with Crippen LogP contribution >= 0.6 is 27.5 Å². The van der Waals surface area contributed by atoms with Crippen LogP contribution < -0.4 is 5.43 Å². The number of halogens is 2. The largest absolute Gasteiger partial charge is 0.343 e. The average molecular weight is 323 g/mol. The Kier molecular flexibility index (Phi) is 2.68. The molecule has 0 bridgehead atoms. The van der Waals surface area contributed by atoms with Gasteiger partial charge in [0, 0.05) is 27.3 Å². The van der Waals surface area contributed by atoms with Crippen LogP contribution in [0.25, 0.3) is 21.8 Å². The lowest BCUT2D eigenvalue weighted by atomic mass is 10.1. The Balaban J connectivity index is 2.65. The van der Waals surface area contributed by atoms with E-state index < -0.39 is 0 Å². The monoisotopic (exact) mass is 321 g/mol. The number of pyridine rings is 1. The Morgan fingerprint density at radius 2 is 1.83 bits per heavy atom. The predicted octanol–water partition coefficient (Wildman–Crippen LogP) is 4.11. The first-order valence-electron chi connectivity index (χ1n) is 5.45. The minimum atomic E-state index is 0.0214. The van der Waals surface area contributed by atoms with Crippen molar-refractivity contribution in [1.82, 2.24) is 4.57 Å². The van der Waals surface area contributed by atoms with E-state index in [4.69, 9.17) is 11.6 Å². The Morgan fingerprint density at radius 3 is 2.61 bits per heavy atom. The minimum absolute atomic E-state index is 0.0214. The van der Waals surface area contributed by atoms with Gasteiger partial charge in [-0.25, -0.2) is 0 Å². The molecule has 0 aliphatic heterocycles. The molecule has 0 radical (unpaired) electrons. The molecule has 0 spiro atoms. The van der Waals surface area contributed by atoms with Gasteiger partial charge in [-0.15, -0.1) is 0 Å². The third-order valence-electron chi connectivity index (χ3n) is 3.13. The van der Waals surface area contributed by atoms with Crippen molar-refractivity contribution in [3.05, 3.63) is 56.1 Å². The summed E-state index contributed by atoms with van der Waals surface area (Å²) in [6.45, 7) is 0. The molecule has 3 rings (SSSR count). The van der Waals surface area contributed by atoms with Gasteiger partial charge in [-0.3, -0.25) is 4.79 Å². The summed E-state index contributed by atoms with van der Waals surface area (Å²) < 4.78 is 2.96. The summed E-state index contributed by atoms with van der Waals surface area (Å²) in [6, 6.07) is 11.1. The Bertz CT molecular complexity index is 838. The van der Waals surface area contributed by atoms with Crippen LogP contribution in [-0.2, 0) is 7.05 Å². The van der Waals surface area contributed by atoms with E-state index in [-0.39, 0.29) is 5.43 Å². The smallest absolute Gasteiger partial charge is 0.197 e. The third kappa shape index (κ3) is 1.66. The van der Waals surface area contributed by atoms with Crippen LogP contribution in [0.1, 0.15) is 0 Å². The number of aromatic nitrogens is 1. The first kappa shape index (κ1) is 11.8. The normalized spacial score (nSPS) is 11.3. The maximum Gasteiger partial charge on any atom is 0.197 e. The maximum absolute atomic E-state index is 12.4. The van der Waals surface area contributed by atoms with E-state index in [9.17, 15) is 4.79 Å². The second-order valence-electron chi connectivity index (χ2n) is 4.21. The highest BCUT2D eigenvalue weighted by Gasteiger charge is 2.09. The second-order valence-corrected chi connectivity index (χ2v) is 5.56. The van der Waals surface area contributed by atoms with E-state index in [1.165, 1.54) is 0 Å². The number of nitrogens with zero attached hydrogens (tertiary/aromatic N) is 1. The number of benzene rings is 2. The van der Waals surface area contributed by atoms with Gasteiger partial charge in [-0.1, -0.05) is 27.5 Å². The number of hydrogen-bond donors (Lipinski definition) is 0. The molecule has 0 unspecified atom stereocenters. The minimum Gasteiger partial charge on any atom is -0.343 e. The van der Waals surface area contributed by atoms with E-state index in [1.807, 2.05) is 35.9 Å². The van der Waals surface area contributed by atoms with Crippen molar-refractivity contribution < 1.29 is 0 Å². The average Bonchev–Trinajstić information content (AvgIpc) is 2.36. The molecular weight excluding hydrogens is 314 g/mol. The second kappa shape index (κ2) is 4.11.